The van der Waals surface area contributed by atoms with E-state index in [2.05, 4.69) is 36.6 Å². The Labute approximate surface area is 181 Å². The van der Waals surface area contributed by atoms with Gasteiger partial charge in [-0.3, -0.25) is 4.52 Å². The Bertz CT molecular complexity index is 1130. The second-order valence-electron chi connectivity index (χ2n) is 6.95. The molecule has 0 radical (unpaired) electrons. The molecule has 0 saturated heterocycles. The molecule has 15 nitrogen and oxygen atoms in total. The van der Waals surface area contributed by atoms with E-state index in [0.29, 0.717) is 22.7 Å². The Kier molecular flexibility index (Phi) is 6.76. The monoisotopic (exact) mass is 514 g/mol. The van der Waals surface area contributed by atoms with E-state index >= 15 is 0 Å². The van der Waals surface area contributed by atoms with Crippen LogP contribution in [0, 0.1) is 5.92 Å². The topological polar surface area (TPSA) is 235 Å². The Morgan fingerprint density at radius 2 is 1.84 bits per heavy atom. The molecule has 0 bridgehead atoms. The van der Waals surface area contributed by atoms with Crippen LogP contribution in [0.5, 0.6) is 0 Å². The maximum Gasteiger partial charge on any atom is 0.490 e. The molecule has 2 heterocycles. The van der Waals surface area contributed by atoms with E-state index < -0.39 is 48.1 Å². The van der Waals surface area contributed by atoms with Crippen LogP contribution in [-0.2, 0) is 26.8 Å². The summed E-state index contributed by atoms with van der Waals surface area (Å²) in [6.07, 6.45) is 0.746. The van der Waals surface area contributed by atoms with Gasteiger partial charge < -0.3 is 40.3 Å². The summed E-state index contributed by atoms with van der Waals surface area (Å²) < 4.78 is 47.7. The summed E-state index contributed by atoms with van der Waals surface area (Å²) in [5, 5.41) is 13.2. The number of aliphatic imine (C=N–C) groups is 1. The first-order valence-electron chi connectivity index (χ1n) is 8.75. The molecule has 0 spiro atoms. The van der Waals surface area contributed by atoms with Gasteiger partial charge in [0.2, 0.25) is 0 Å². The lowest BCUT2D eigenvalue weighted by Crippen LogP contribution is -2.32. The van der Waals surface area contributed by atoms with Crippen LogP contribution in [-0.4, -0.2) is 47.9 Å². The highest BCUT2D eigenvalue weighted by atomic mass is 31.3. The normalized spacial score (nSPS) is 27.3. The zero-order valence-corrected chi connectivity index (χ0v) is 18.9. The molecule has 178 valence electrons. The maximum absolute atomic E-state index is 11.9. The van der Waals surface area contributed by atoms with Crippen LogP contribution in [0.2, 0.25) is 0 Å². The number of hydrogen-bond donors (Lipinski definition) is 7. The van der Waals surface area contributed by atoms with Crippen molar-refractivity contribution in [2.24, 2.45) is 16.6 Å². The van der Waals surface area contributed by atoms with E-state index in [0.717, 1.165) is 0 Å². The highest BCUT2D eigenvalue weighted by molar-refractivity contribution is 7.66. The fourth-order valence-electron chi connectivity index (χ4n) is 3.43. The predicted molar refractivity (Wildman–Crippen MR) is 110 cm³/mol. The Morgan fingerprint density at radius 1 is 1.19 bits per heavy atom. The van der Waals surface area contributed by atoms with Crippen LogP contribution >= 0.6 is 23.5 Å². The van der Waals surface area contributed by atoms with Crippen LogP contribution in [0.3, 0.4) is 0 Å². The summed E-state index contributed by atoms with van der Waals surface area (Å²) in [6.45, 7) is 7.10. The number of aromatic nitrogens is 1. The standard InChI is InChI=1S/C14H21N4O11P3/c1-7-10(6-27-31(23,24)29-32(25,26)28-30(20,21)22)12(19)5-11(7)18-4-3-9-8(2)16-14(15)17-13(9)18/h3-4,10-12,19H,1-2,5-6H2,(H,23,24)(H,25,26)(H3,15,16,17)(H2,20,21,22)/t10-,11-,12-/m0/s1. The van der Waals surface area contributed by atoms with Crippen LogP contribution < -0.4 is 11.1 Å². The van der Waals surface area contributed by atoms with Crippen molar-refractivity contribution in [1.29, 1.82) is 0 Å². The van der Waals surface area contributed by atoms with Gasteiger partial charge in [-0.25, -0.2) is 13.7 Å². The van der Waals surface area contributed by atoms with Crippen LogP contribution in [0.1, 0.15) is 18.0 Å². The minimum Gasteiger partial charge on any atom is -0.392 e. The SMILES string of the molecule is C=C1NC(N)=Nc2c1ccn2[C@H]1C[C@H](O)[C@@H](COP(=O)(O)OP(=O)(O)OP(=O)(O)O)C1=C. The zero-order chi connectivity index (χ0) is 24.1. The first-order chi connectivity index (χ1) is 14.6. The predicted octanol–water partition coefficient (Wildman–Crippen LogP) is 0.830. The van der Waals surface area contributed by atoms with Crippen molar-refractivity contribution in [3.63, 3.8) is 0 Å². The third kappa shape index (κ3) is 5.66. The molecule has 1 aromatic heterocycles. The molecule has 18 heteroatoms. The van der Waals surface area contributed by atoms with E-state index in [1.807, 2.05) is 0 Å². The number of nitrogens with one attached hydrogen (secondary N) is 1. The summed E-state index contributed by atoms with van der Waals surface area (Å²) in [7, 11) is -16.5. The molecular formula is C14H21N4O11P3. The van der Waals surface area contributed by atoms with E-state index in [4.69, 9.17) is 15.5 Å². The van der Waals surface area contributed by atoms with E-state index in [-0.39, 0.29) is 12.4 Å². The van der Waals surface area contributed by atoms with Crippen molar-refractivity contribution in [2.45, 2.75) is 18.6 Å². The van der Waals surface area contributed by atoms with Gasteiger partial charge in [-0.15, -0.1) is 0 Å². The largest absolute Gasteiger partial charge is 0.490 e. The first kappa shape index (κ1) is 25.0. The average Bonchev–Trinajstić information content (AvgIpc) is 3.11. The van der Waals surface area contributed by atoms with Crippen molar-refractivity contribution in [1.82, 2.24) is 9.88 Å². The van der Waals surface area contributed by atoms with Crippen molar-refractivity contribution in [3.8, 4) is 0 Å². The zero-order valence-electron chi connectivity index (χ0n) is 16.2. The fourth-order valence-corrected chi connectivity index (χ4v) is 6.48. The van der Waals surface area contributed by atoms with Gasteiger partial charge in [-0.1, -0.05) is 13.2 Å². The number of phosphoric ester groups is 1. The Hall–Kier alpha value is -1.60. The van der Waals surface area contributed by atoms with Gasteiger partial charge in [-0.2, -0.15) is 13.6 Å². The summed E-state index contributed by atoms with van der Waals surface area (Å²) in [6, 6.07) is 1.24. The molecular weight excluding hydrogens is 493 g/mol. The first-order valence-corrected chi connectivity index (χ1v) is 13.3. The lowest BCUT2D eigenvalue weighted by atomic mass is 10.0. The molecule has 1 fully saturated rings. The van der Waals surface area contributed by atoms with Gasteiger partial charge in [-0.05, 0) is 18.1 Å². The number of aliphatic hydroxyl groups is 1. The number of rotatable bonds is 8. The molecule has 1 aromatic rings. The van der Waals surface area contributed by atoms with E-state index in [9.17, 15) is 28.6 Å². The van der Waals surface area contributed by atoms with Crippen LogP contribution in [0.15, 0.2) is 36.0 Å². The number of aliphatic hydroxyl groups excluding tert-OH is 1. The molecule has 5 atom stereocenters. The second-order valence-corrected chi connectivity index (χ2v) is 11.4. The number of nitrogens with zero attached hydrogens (tertiary/aromatic N) is 2. The van der Waals surface area contributed by atoms with Gasteiger partial charge in [0, 0.05) is 23.4 Å². The highest BCUT2D eigenvalue weighted by Gasteiger charge is 2.43. The molecule has 2 aliphatic rings. The van der Waals surface area contributed by atoms with Crippen LogP contribution in [0.4, 0.5) is 5.82 Å². The maximum atomic E-state index is 11.9. The summed E-state index contributed by atoms with van der Waals surface area (Å²) in [5.41, 5.74) is 7.34. The minimum absolute atomic E-state index is 0.121. The van der Waals surface area contributed by atoms with Crippen molar-refractivity contribution in [2.75, 3.05) is 6.61 Å². The van der Waals surface area contributed by atoms with Crippen LogP contribution in [0.25, 0.3) is 5.70 Å². The van der Waals surface area contributed by atoms with E-state index in [1.54, 1.807) is 16.8 Å². The van der Waals surface area contributed by atoms with Crippen molar-refractivity contribution >= 4 is 40.9 Å². The third-order valence-electron chi connectivity index (χ3n) is 4.72. The van der Waals surface area contributed by atoms with Gasteiger partial charge in [0.25, 0.3) is 0 Å². The Morgan fingerprint density at radius 3 is 2.47 bits per heavy atom. The fraction of sp³-hybridized carbons (Fsp3) is 0.357. The number of nitrogens with two attached hydrogens (primary N) is 1. The number of guanidine groups is 1. The molecule has 32 heavy (non-hydrogen) atoms. The number of hydrogen-bond acceptors (Lipinski definition) is 10. The molecule has 1 saturated carbocycles. The summed E-state index contributed by atoms with van der Waals surface area (Å²) in [4.78, 5) is 40.2. The second kappa shape index (κ2) is 8.64. The van der Waals surface area contributed by atoms with Gasteiger partial charge in [0.05, 0.1) is 18.8 Å². The number of fused-ring (bicyclic) bond motifs is 1. The molecule has 0 amide bonds. The van der Waals surface area contributed by atoms with E-state index in [1.165, 1.54) is 0 Å². The smallest absolute Gasteiger partial charge is 0.392 e. The highest BCUT2D eigenvalue weighted by Crippen LogP contribution is 2.66. The third-order valence-corrected chi connectivity index (χ3v) is 8.52. The van der Waals surface area contributed by atoms with Gasteiger partial charge >= 0.3 is 23.5 Å². The minimum atomic E-state index is -5.64. The Balaban J connectivity index is 1.71. The molecule has 8 N–H and O–H groups in total. The lowest BCUT2D eigenvalue weighted by molar-refractivity contribution is 0.0933. The van der Waals surface area contributed by atoms with Crippen molar-refractivity contribution in [3.05, 3.63) is 36.6 Å². The quantitative estimate of drug-likeness (QED) is 0.188. The van der Waals surface area contributed by atoms with Crippen molar-refractivity contribution < 1.29 is 51.5 Å². The molecule has 3 rings (SSSR count). The number of phosphoric acid groups is 3. The lowest BCUT2D eigenvalue weighted by Gasteiger charge is -2.22. The molecule has 0 aromatic carbocycles. The molecule has 2 unspecified atom stereocenters. The summed E-state index contributed by atoms with van der Waals surface area (Å²) in [5.74, 6) is -0.303. The summed E-state index contributed by atoms with van der Waals surface area (Å²) >= 11 is 0. The van der Waals surface area contributed by atoms with Gasteiger partial charge in [0.15, 0.2) is 5.96 Å². The average molecular weight is 514 g/mol. The van der Waals surface area contributed by atoms with Gasteiger partial charge in [0.1, 0.15) is 5.82 Å². The molecule has 1 aliphatic heterocycles. The molecule has 1 aliphatic carbocycles.